The number of ether oxygens (including phenoxy) is 1. The first-order valence-corrected chi connectivity index (χ1v) is 7.18. The van der Waals surface area contributed by atoms with Crippen LogP contribution in [0.1, 0.15) is 36.8 Å². The van der Waals surface area contributed by atoms with Gasteiger partial charge in [-0.2, -0.15) is 0 Å². The van der Waals surface area contributed by atoms with E-state index in [9.17, 15) is 4.79 Å². The smallest absolute Gasteiger partial charge is 0.136 e. The highest BCUT2D eigenvalue weighted by atomic mass is 16.5. The van der Waals surface area contributed by atoms with Gasteiger partial charge < -0.3 is 9.64 Å². The van der Waals surface area contributed by atoms with Crippen LogP contribution >= 0.6 is 0 Å². The fourth-order valence-corrected chi connectivity index (χ4v) is 4.16. The fraction of sp³-hybridized carbons (Fsp3) is 0.562. The largest absolute Gasteiger partial charge is 0.489 e. The highest BCUT2D eigenvalue weighted by molar-refractivity contribution is 5.81. The van der Waals surface area contributed by atoms with Crippen LogP contribution in [0.15, 0.2) is 18.2 Å². The van der Waals surface area contributed by atoms with Crippen LogP contribution in [0.4, 0.5) is 0 Å². The van der Waals surface area contributed by atoms with Gasteiger partial charge in [-0.05, 0) is 38.1 Å². The Hall–Kier alpha value is -1.35. The van der Waals surface area contributed by atoms with Crippen molar-refractivity contribution in [2.45, 2.75) is 43.7 Å². The van der Waals surface area contributed by atoms with Crippen molar-refractivity contribution in [3.05, 3.63) is 29.3 Å². The predicted molar refractivity (Wildman–Crippen MR) is 72.3 cm³/mol. The highest BCUT2D eigenvalue weighted by Crippen LogP contribution is 2.54. The molecule has 0 unspecified atom stereocenters. The summed E-state index contributed by atoms with van der Waals surface area (Å²) in [6, 6.07) is 6.39. The molecule has 0 aromatic heterocycles. The summed E-state index contributed by atoms with van der Waals surface area (Å²) in [6.45, 7) is 2.08. The monoisotopic (exact) mass is 257 g/mol. The molecule has 1 aromatic carbocycles. The molecule has 2 heterocycles. The van der Waals surface area contributed by atoms with Gasteiger partial charge in [0.05, 0.1) is 0 Å². The van der Waals surface area contributed by atoms with Crippen molar-refractivity contribution >= 4 is 5.78 Å². The Morgan fingerprint density at radius 3 is 3.16 bits per heavy atom. The van der Waals surface area contributed by atoms with E-state index < -0.39 is 0 Å². The Bertz CT molecular complexity index is 554. The molecular formula is C16H19NO2. The second-order valence-corrected chi connectivity index (χ2v) is 6.28. The summed E-state index contributed by atoms with van der Waals surface area (Å²) in [5.74, 6) is 1.40. The molecule has 1 saturated carbocycles. The van der Waals surface area contributed by atoms with Gasteiger partial charge in [-0.15, -0.1) is 0 Å². The van der Waals surface area contributed by atoms with Gasteiger partial charge in [0.1, 0.15) is 17.6 Å². The van der Waals surface area contributed by atoms with Crippen molar-refractivity contribution in [1.82, 2.24) is 4.90 Å². The Morgan fingerprint density at radius 2 is 2.26 bits per heavy atom. The maximum atomic E-state index is 11.8. The second-order valence-electron chi connectivity index (χ2n) is 6.28. The number of rotatable bonds is 0. The second kappa shape index (κ2) is 3.83. The highest BCUT2D eigenvalue weighted by Gasteiger charge is 2.53. The SMILES string of the molecule is CN1CC[C@]23CCC(=O)C[C@@H]2Oc2cccc(c23)C1. The fourth-order valence-electron chi connectivity index (χ4n) is 4.16. The molecule has 0 N–H and O–H groups in total. The summed E-state index contributed by atoms with van der Waals surface area (Å²) < 4.78 is 6.15. The van der Waals surface area contributed by atoms with E-state index >= 15 is 0 Å². The van der Waals surface area contributed by atoms with Crippen LogP contribution in [0.5, 0.6) is 5.75 Å². The van der Waals surface area contributed by atoms with Gasteiger partial charge in [0.15, 0.2) is 0 Å². The summed E-state index contributed by atoms with van der Waals surface area (Å²) >= 11 is 0. The molecule has 2 aliphatic heterocycles. The van der Waals surface area contributed by atoms with Crippen LogP contribution < -0.4 is 4.74 Å². The molecule has 4 rings (SSSR count). The number of hydrogen-bond acceptors (Lipinski definition) is 3. The average Bonchev–Trinajstić information content (AvgIpc) is 2.63. The van der Waals surface area contributed by atoms with E-state index in [0.29, 0.717) is 12.2 Å². The third-order valence-electron chi connectivity index (χ3n) is 5.14. The number of benzene rings is 1. The predicted octanol–water partition coefficient (Wildman–Crippen LogP) is 2.27. The molecule has 3 heteroatoms. The Balaban J connectivity index is 1.90. The van der Waals surface area contributed by atoms with E-state index in [-0.39, 0.29) is 11.5 Å². The Morgan fingerprint density at radius 1 is 1.37 bits per heavy atom. The van der Waals surface area contributed by atoms with Crippen LogP contribution in [0.3, 0.4) is 0 Å². The first kappa shape index (κ1) is 11.5. The molecule has 1 aliphatic carbocycles. The molecule has 3 nitrogen and oxygen atoms in total. The summed E-state index contributed by atoms with van der Waals surface area (Å²) in [5.41, 5.74) is 2.91. The van der Waals surface area contributed by atoms with Gasteiger partial charge in [0, 0.05) is 30.4 Å². The Labute approximate surface area is 113 Å². The normalized spacial score (nSPS) is 33.3. The van der Waals surface area contributed by atoms with E-state index in [0.717, 1.165) is 38.1 Å². The number of nitrogens with zero attached hydrogens (tertiary/aromatic N) is 1. The van der Waals surface area contributed by atoms with Crippen molar-refractivity contribution in [2.24, 2.45) is 0 Å². The zero-order chi connectivity index (χ0) is 13.0. The molecule has 0 radical (unpaired) electrons. The van der Waals surface area contributed by atoms with Gasteiger partial charge in [-0.1, -0.05) is 12.1 Å². The minimum absolute atomic E-state index is 0.0800. The number of carbonyl (C=O) groups is 1. The van der Waals surface area contributed by atoms with Crippen LogP contribution in [-0.2, 0) is 16.8 Å². The molecular weight excluding hydrogens is 238 g/mol. The third-order valence-corrected chi connectivity index (χ3v) is 5.14. The lowest BCUT2D eigenvalue weighted by atomic mass is 9.65. The third kappa shape index (κ3) is 1.51. The van der Waals surface area contributed by atoms with Crippen molar-refractivity contribution in [3.8, 4) is 5.75 Å². The standard InChI is InChI=1S/C16H19NO2/c1-17-8-7-16-6-5-12(18)9-14(16)19-13-4-2-3-11(10-17)15(13)16/h2-4,14H,5-10H2,1H3/t14-,16+/m0/s1. The van der Waals surface area contributed by atoms with E-state index in [1.807, 2.05) is 0 Å². The van der Waals surface area contributed by atoms with Gasteiger partial charge in [0.25, 0.3) is 0 Å². The zero-order valence-electron chi connectivity index (χ0n) is 11.3. The van der Waals surface area contributed by atoms with Crippen molar-refractivity contribution in [3.63, 3.8) is 0 Å². The van der Waals surface area contributed by atoms with E-state index in [1.54, 1.807) is 0 Å². The molecule has 2 atom stereocenters. The molecule has 0 amide bonds. The number of hydrogen-bond donors (Lipinski definition) is 0. The van der Waals surface area contributed by atoms with Crippen molar-refractivity contribution in [1.29, 1.82) is 0 Å². The van der Waals surface area contributed by atoms with E-state index in [2.05, 4.69) is 30.1 Å². The average molecular weight is 257 g/mol. The van der Waals surface area contributed by atoms with E-state index in [1.165, 1.54) is 11.1 Å². The lowest BCUT2D eigenvalue weighted by Gasteiger charge is -2.37. The first-order chi connectivity index (χ1) is 9.19. The molecule has 1 aromatic rings. The molecule has 1 fully saturated rings. The van der Waals surface area contributed by atoms with Gasteiger partial charge in [-0.25, -0.2) is 0 Å². The quantitative estimate of drug-likeness (QED) is 0.714. The number of ketones is 1. The van der Waals surface area contributed by atoms with Crippen molar-refractivity contribution in [2.75, 3.05) is 13.6 Å². The molecule has 0 saturated heterocycles. The molecule has 1 spiro atoms. The minimum Gasteiger partial charge on any atom is -0.489 e. The van der Waals surface area contributed by atoms with Gasteiger partial charge >= 0.3 is 0 Å². The Kier molecular flexibility index (Phi) is 2.31. The summed E-state index contributed by atoms with van der Waals surface area (Å²) in [6.07, 6.45) is 3.48. The van der Waals surface area contributed by atoms with Gasteiger partial charge in [-0.3, -0.25) is 4.79 Å². The van der Waals surface area contributed by atoms with Gasteiger partial charge in [0.2, 0.25) is 0 Å². The van der Waals surface area contributed by atoms with Crippen LogP contribution in [0.2, 0.25) is 0 Å². The summed E-state index contributed by atoms with van der Waals surface area (Å²) in [5, 5.41) is 0. The molecule has 100 valence electrons. The summed E-state index contributed by atoms with van der Waals surface area (Å²) in [4.78, 5) is 14.2. The number of carbonyl (C=O) groups excluding carboxylic acids is 1. The van der Waals surface area contributed by atoms with Crippen LogP contribution in [0, 0.1) is 0 Å². The summed E-state index contributed by atoms with van der Waals surface area (Å²) in [7, 11) is 2.18. The van der Waals surface area contributed by atoms with Crippen LogP contribution in [0.25, 0.3) is 0 Å². The van der Waals surface area contributed by atoms with Crippen molar-refractivity contribution < 1.29 is 9.53 Å². The maximum Gasteiger partial charge on any atom is 0.136 e. The molecule has 19 heavy (non-hydrogen) atoms. The van der Waals surface area contributed by atoms with Crippen LogP contribution in [-0.4, -0.2) is 30.4 Å². The molecule has 0 bridgehead atoms. The molecule has 3 aliphatic rings. The topological polar surface area (TPSA) is 29.5 Å². The minimum atomic E-state index is 0.0800. The first-order valence-electron chi connectivity index (χ1n) is 7.18. The van der Waals surface area contributed by atoms with E-state index in [4.69, 9.17) is 4.74 Å². The lowest BCUT2D eigenvalue weighted by molar-refractivity contribution is -0.124. The number of Topliss-reactive ketones (excluding diaryl/α,β-unsaturated/α-hetero) is 1. The lowest BCUT2D eigenvalue weighted by Crippen LogP contribution is -2.44. The zero-order valence-corrected chi connectivity index (χ0v) is 11.3. The maximum absolute atomic E-state index is 11.8.